The van der Waals surface area contributed by atoms with E-state index < -0.39 is 0 Å². The maximum atomic E-state index is 13.8. The van der Waals surface area contributed by atoms with Gasteiger partial charge in [0, 0.05) is 13.2 Å². The van der Waals surface area contributed by atoms with E-state index in [9.17, 15) is 4.39 Å². The van der Waals surface area contributed by atoms with Gasteiger partial charge in [-0.05, 0) is 19.3 Å². The van der Waals surface area contributed by atoms with Crippen molar-refractivity contribution in [2.24, 2.45) is 0 Å². The summed E-state index contributed by atoms with van der Waals surface area (Å²) in [6.45, 7) is 1.87. The highest BCUT2D eigenvalue weighted by Gasteiger charge is 2.29. The van der Waals surface area contributed by atoms with Crippen molar-refractivity contribution in [2.45, 2.75) is 38.3 Å². The first-order chi connectivity index (χ1) is 7.74. The van der Waals surface area contributed by atoms with Crippen LogP contribution in [0, 0.1) is 5.82 Å². The summed E-state index contributed by atoms with van der Waals surface area (Å²) in [7, 11) is 1.70. The second kappa shape index (κ2) is 4.74. The lowest BCUT2D eigenvalue weighted by Crippen LogP contribution is -2.40. The van der Waals surface area contributed by atoms with Gasteiger partial charge in [0.2, 0.25) is 0 Å². The second-order valence-corrected chi connectivity index (χ2v) is 4.01. The van der Waals surface area contributed by atoms with Gasteiger partial charge in [-0.15, -0.1) is 0 Å². The lowest BCUT2D eigenvalue weighted by atomic mass is 9.89. The average molecular weight is 225 g/mol. The van der Waals surface area contributed by atoms with Crippen molar-refractivity contribution in [1.29, 1.82) is 0 Å². The van der Waals surface area contributed by atoms with E-state index in [4.69, 9.17) is 4.74 Å². The molecule has 1 aliphatic carbocycles. The third-order valence-electron chi connectivity index (χ3n) is 2.97. The van der Waals surface area contributed by atoms with Crippen LogP contribution in [-0.4, -0.2) is 29.2 Å². The zero-order valence-electron chi connectivity index (χ0n) is 9.53. The lowest BCUT2D eigenvalue weighted by molar-refractivity contribution is 0.0327. The number of hydrogen-bond donors (Lipinski definition) is 1. The maximum Gasteiger partial charge on any atom is 0.186 e. The van der Waals surface area contributed by atoms with Crippen LogP contribution in [-0.2, 0) is 11.2 Å². The standard InChI is InChI=1S/C11H16FN3O/c1-3-9-10(12)11(14-6-13-9)15-7-4-8(5-7)16-2/h6-8H,3-5H2,1-2H3,(H,13,14,15). The molecule has 0 amide bonds. The summed E-state index contributed by atoms with van der Waals surface area (Å²) >= 11 is 0. The van der Waals surface area contributed by atoms with Gasteiger partial charge in [0.25, 0.3) is 0 Å². The van der Waals surface area contributed by atoms with E-state index in [-0.39, 0.29) is 11.9 Å². The first-order valence-electron chi connectivity index (χ1n) is 5.53. The normalized spacial score (nSPS) is 23.9. The summed E-state index contributed by atoms with van der Waals surface area (Å²) < 4.78 is 18.9. The molecule has 5 heteroatoms. The van der Waals surface area contributed by atoms with Gasteiger partial charge in [-0.2, -0.15) is 0 Å². The summed E-state index contributed by atoms with van der Waals surface area (Å²) in [5.74, 6) is -0.0164. The van der Waals surface area contributed by atoms with Gasteiger partial charge >= 0.3 is 0 Å². The highest BCUT2D eigenvalue weighted by molar-refractivity contribution is 5.39. The molecular formula is C11H16FN3O. The molecule has 88 valence electrons. The minimum atomic E-state index is -0.328. The monoisotopic (exact) mass is 225 g/mol. The molecule has 0 bridgehead atoms. The largest absolute Gasteiger partial charge is 0.381 e. The molecule has 0 aromatic carbocycles. The first kappa shape index (κ1) is 11.3. The second-order valence-electron chi connectivity index (χ2n) is 4.01. The number of aromatic nitrogens is 2. The van der Waals surface area contributed by atoms with Gasteiger partial charge in [0.1, 0.15) is 6.33 Å². The third kappa shape index (κ3) is 2.14. The van der Waals surface area contributed by atoms with E-state index in [0.29, 0.717) is 24.0 Å². The molecule has 1 N–H and O–H groups in total. The fourth-order valence-electron chi connectivity index (χ4n) is 1.82. The first-order valence-corrected chi connectivity index (χ1v) is 5.53. The maximum absolute atomic E-state index is 13.8. The van der Waals surface area contributed by atoms with Crippen LogP contribution in [0.2, 0.25) is 0 Å². The van der Waals surface area contributed by atoms with E-state index in [1.807, 2.05) is 6.92 Å². The zero-order chi connectivity index (χ0) is 11.5. The van der Waals surface area contributed by atoms with Gasteiger partial charge < -0.3 is 10.1 Å². The van der Waals surface area contributed by atoms with Gasteiger partial charge in [-0.1, -0.05) is 6.92 Å². The Balaban J connectivity index is 2.00. The predicted octanol–water partition coefficient (Wildman–Crippen LogP) is 1.77. The van der Waals surface area contributed by atoms with Crippen LogP contribution in [0.4, 0.5) is 10.2 Å². The SMILES string of the molecule is CCc1ncnc(NC2CC(OC)C2)c1F. The molecule has 2 rings (SSSR count). The fourth-order valence-corrected chi connectivity index (χ4v) is 1.82. The van der Waals surface area contributed by atoms with Crippen molar-refractivity contribution in [2.75, 3.05) is 12.4 Å². The van der Waals surface area contributed by atoms with E-state index in [0.717, 1.165) is 12.8 Å². The van der Waals surface area contributed by atoms with Gasteiger partial charge in [-0.3, -0.25) is 0 Å². The molecule has 0 spiro atoms. The average Bonchev–Trinajstić information content (AvgIpc) is 2.25. The van der Waals surface area contributed by atoms with E-state index in [1.165, 1.54) is 6.33 Å². The summed E-state index contributed by atoms with van der Waals surface area (Å²) in [6, 6.07) is 0.263. The molecule has 0 radical (unpaired) electrons. The Kier molecular flexibility index (Phi) is 3.33. The number of methoxy groups -OCH3 is 1. The van der Waals surface area contributed by atoms with Crippen LogP contribution in [0.15, 0.2) is 6.33 Å². The summed E-state index contributed by atoms with van der Waals surface area (Å²) in [6.07, 6.45) is 4.08. The van der Waals surface area contributed by atoms with Crippen LogP contribution in [0.1, 0.15) is 25.5 Å². The molecule has 1 aliphatic rings. The fraction of sp³-hybridized carbons (Fsp3) is 0.636. The zero-order valence-corrected chi connectivity index (χ0v) is 9.53. The predicted molar refractivity (Wildman–Crippen MR) is 58.8 cm³/mol. The van der Waals surface area contributed by atoms with E-state index >= 15 is 0 Å². The highest BCUT2D eigenvalue weighted by Crippen LogP contribution is 2.26. The quantitative estimate of drug-likeness (QED) is 0.848. The Morgan fingerprint density at radius 3 is 2.88 bits per heavy atom. The number of hydrogen-bond acceptors (Lipinski definition) is 4. The number of nitrogens with zero attached hydrogens (tertiary/aromatic N) is 2. The van der Waals surface area contributed by atoms with Crippen molar-refractivity contribution in [3.05, 3.63) is 17.8 Å². The van der Waals surface area contributed by atoms with E-state index in [1.54, 1.807) is 7.11 Å². The summed E-state index contributed by atoms with van der Waals surface area (Å²) in [5, 5.41) is 3.08. The molecule has 1 saturated carbocycles. The molecule has 1 aromatic rings. The molecule has 0 saturated heterocycles. The number of halogens is 1. The number of aryl methyl sites for hydroxylation is 1. The van der Waals surface area contributed by atoms with Crippen LogP contribution in [0.5, 0.6) is 0 Å². The van der Waals surface area contributed by atoms with Crippen molar-refractivity contribution in [3.63, 3.8) is 0 Å². The number of anilines is 1. The molecule has 0 unspecified atom stereocenters. The molecule has 1 fully saturated rings. The Morgan fingerprint density at radius 2 is 2.25 bits per heavy atom. The smallest absolute Gasteiger partial charge is 0.186 e. The van der Waals surface area contributed by atoms with Crippen LogP contribution in [0.3, 0.4) is 0 Å². The number of ether oxygens (including phenoxy) is 1. The molecule has 4 nitrogen and oxygen atoms in total. The molecule has 0 atom stereocenters. The van der Waals surface area contributed by atoms with Crippen LogP contribution in [0.25, 0.3) is 0 Å². The highest BCUT2D eigenvalue weighted by atomic mass is 19.1. The molecule has 0 aliphatic heterocycles. The van der Waals surface area contributed by atoms with Gasteiger partial charge in [-0.25, -0.2) is 14.4 Å². The third-order valence-corrected chi connectivity index (χ3v) is 2.97. The van der Waals surface area contributed by atoms with Crippen molar-refractivity contribution in [1.82, 2.24) is 9.97 Å². The van der Waals surface area contributed by atoms with Gasteiger partial charge in [0.15, 0.2) is 11.6 Å². The van der Waals surface area contributed by atoms with Gasteiger partial charge in [0.05, 0.1) is 11.8 Å². The summed E-state index contributed by atoms with van der Waals surface area (Å²) in [4.78, 5) is 7.81. The molecule has 1 aromatic heterocycles. The molecular weight excluding hydrogens is 209 g/mol. The van der Waals surface area contributed by atoms with Crippen molar-refractivity contribution >= 4 is 5.82 Å². The minimum Gasteiger partial charge on any atom is -0.381 e. The minimum absolute atomic E-state index is 0.263. The molecule has 16 heavy (non-hydrogen) atoms. The lowest BCUT2D eigenvalue weighted by Gasteiger charge is -2.34. The topological polar surface area (TPSA) is 47.0 Å². The van der Waals surface area contributed by atoms with Crippen molar-refractivity contribution < 1.29 is 9.13 Å². The van der Waals surface area contributed by atoms with Crippen LogP contribution < -0.4 is 5.32 Å². The van der Waals surface area contributed by atoms with Crippen LogP contribution >= 0.6 is 0 Å². The Bertz CT molecular complexity index is 366. The van der Waals surface area contributed by atoms with E-state index in [2.05, 4.69) is 15.3 Å². The molecule has 1 heterocycles. The van der Waals surface area contributed by atoms with Crippen molar-refractivity contribution in [3.8, 4) is 0 Å². The summed E-state index contributed by atoms with van der Waals surface area (Å²) in [5.41, 5.74) is 0.458. The Labute approximate surface area is 94.2 Å². The Hall–Kier alpha value is -1.23. The Morgan fingerprint density at radius 1 is 1.50 bits per heavy atom. The number of rotatable bonds is 4. The number of nitrogens with one attached hydrogen (secondary N) is 1.